The van der Waals surface area contributed by atoms with E-state index in [0.717, 1.165) is 0 Å². The first-order valence-corrected chi connectivity index (χ1v) is 7.16. The van der Waals surface area contributed by atoms with E-state index in [2.05, 4.69) is 10.6 Å². The van der Waals surface area contributed by atoms with Gasteiger partial charge in [-0.05, 0) is 25.1 Å². The van der Waals surface area contributed by atoms with E-state index < -0.39 is 0 Å². The lowest BCUT2D eigenvalue weighted by molar-refractivity contribution is -0.115. The molecule has 0 spiro atoms. The number of amides is 1. The molecule has 22 heavy (non-hydrogen) atoms. The van der Waals surface area contributed by atoms with E-state index in [0.29, 0.717) is 30.2 Å². The summed E-state index contributed by atoms with van der Waals surface area (Å²) < 4.78 is 18.9. The SMILES string of the molecule is CCOc1ccccc1NC(=O)CNCc1ccccc1F. The Morgan fingerprint density at radius 2 is 1.86 bits per heavy atom. The van der Waals surface area contributed by atoms with Gasteiger partial charge in [0.05, 0.1) is 18.8 Å². The second kappa shape index (κ2) is 8.14. The molecule has 0 unspecified atom stereocenters. The number of ether oxygens (including phenoxy) is 1. The summed E-state index contributed by atoms with van der Waals surface area (Å²) in [6, 6.07) is 13.7. The van der Waals surface area contributed by atoms with Crippen molar-refractivity contribution in [2.45, 2.75) is 13.5 Å². The van der Waals surface area contributed by atoms with E-state index in [9.17, 15) is 9.18 Å². The number of para-hydroxylation sites is 2. The smallest absolute Gasteiger partial charge is 0.238 e. The van der Waals surface area contributed by atoms with Gasteiger partial charge in [-0.15, -0.1) is 0 Å². The van der Waals surface area contributed by atoms with Crippen LogP contribution in [0.15, 0.2) is 48.5 Å². The predicted molar refractivity (Wildman–Crippen MR) is 84.3 cm³/mol. The fourth-order valence-electron chi connectivity index (χ4n) is 2.00. The number of anilines is 1. The average Bonchev–Trinajstić information content (AvgIpc) is 2.51. The van der Waals surface area contributed by atoms with Crippen molar-refractivity contribution in [3.63, 3.8) is 0 Å². The lowest BCUT2D eigenvalue weighted by Gasteiger charge is -2.11. The van der Waals surface area contributed by atoms with Crippen LogP contribution in [0, 0.1) is 5.82 Å². The molecular formula is C17H19FN2O2. The Hall–Kier alpha value is -2.40. The highest BCUT2D eigenvalue weighted by Crippen LogP contribution is 2.23. The van der Waals surface area contributed by atoms with E-state index in [1.807, 2.05) is 19.1 Å². The first-order valence-electron chi connectivity index (χ1n) is 7.16. The summed E-state index contributed by atoms with van der Waals surface area (Å²) >= 11 is 0. The number of nitrogens with one attached hydrogen (secondary N) is 2. The maximum Gasteiger partial charge on any atom is 0.238 e. The summed E-state index contributed by atoms with van der Waals surface area (Å²) in [4.78, 5) is 11.9. The Balaban J connectivity index is 1.85. The van der Waals surface area contributed by atoms with E-state index >= 15 is 0 Å². The molecule has 0 fully saturated rings. The number of hydrogen-bond acceptors (Lipinski definition) is 3. The standard InChI is InChI=1S/C17H19FN2O2/c1-2-22-16-10-6-5-9-15(16)20-17(21)12-19-11-13-7-3-4-8-14(13)18/h3-10,19H,2,11-12H2,1H3,(H,20,21). The lowest BCUT2D eigenvalue weighted by Crippen LogP contribution is -2.28. The van der Waals surface area contributed by atoms with E-state index in [4.69, 9.17) is 4.74 Å². The summed E-state index contributed by atoms with van der Waals surface area (Å²) in [5, 5.41) is 5.70. The highest BCUT2D eigenvalue weighted by molar-refractivity contribution is 5.93. The van der Waals surface area contributed by atoms with Gasteiger partial charge in [0.15, 0.2) is 0 Å². The summed E-state index contributed by atoms with van der Waals surface area (Å²) in [5.74, 6) is 0.146. The van der Waals surface area contributed by atoms with Crippen LogP contribution in [-0.2, 0) is 11.3 Å². The molecule has 1 amide bonds. The molecular weight excluding hydrogens is 283 g/mol. The van der Waals surface area contributed by atoms with Gasteiger partial charge in [0.1, 0.15) is 11.6 Å². The topological polar surface area (TPSA) is 50.4 Å². The van der Waals surface area contributed by atoms with Crippen LogP contribution in [0.1, 0.15) is 12.5 Å². The number of hydrogen-bond donors (Lipinski definition) is 2. The Labute approximate surface area is 129 Å². The van der Waals surface area contributed by atoms with E-state index in [-0.39, 0.29) is 18.3 Å². The minimum Gasteiger partial charge on any atom is -0.492 e. The Bertz CT molecular complexity index is 632. The molecule has 0 atom stereocenters. The minimum atomic E-state index is -0.280. The van der Waals surface area contributed by atoms with Crippen molar-refractivity contribution in [2.75, 3.05) is 18.5 Å². The molecule has 0 saturated heterocycles. The number of carbonyl (C=O) groups is 1. The Morgan fingerprint density at radius 1 is 1.14 bits per heavy atom. The van der Waals surface area contributed by atoms with Crippen molar-refractivity contribution >= 4 is 11.6 Å². The molecule has 0 saturated carbocycles. The van der Waals surface area contributed by atoms with Crippen LogP contribution in [0.2, 0.25) is 0 Å². The van der Waals surface area contributed by atoms with Gasteiger partial charge in [0, 0.05) is 12.1 Å². The predicted octanol–water partition coefficient (Wildman–Crippen LogP) is 2.95. The fourth-order valence-corrected chi connectivity index (χ4v) is 2.00. The van der Waals surface area contributed by atoms with Crippen molar-refractivity contribution < 1.29 is 13.9 Å². The number of carbonyl (C=O) groups excluding carboxylic acids is 1. The van der Waals surface area contributed by atoms with Crippen LogP contribution >= 0.6 is 0 Å². The van der Waals surface area contributed by atoms with Crippen molar-refractivity contribution in [3.05, 3.63) is 59.9 Å². The molecule has 0 bridgehead atoms. The van der Waals surface area contributed by atoms with Gasteiger partial charge >= 0.3 is 0 Å². The third-order valence-electron chi connectivity index (χ3n) is 3.02. The molecule has 0 heterocycles. The van der Waals surface area contributed by atoms with Crippen LogP contribution in [0.25, 0.3) is 0 Å². The molecule has 5 heteroatoms. The van der Waals surface area contributed by atoms with Crippen LogP contribution in [-0.4, -0.2) is 19.1 Å². The van der Waals surface area contributed by atoms with Gasteiger partial charge in [-0.2, -0.15) is 0 Å². The zero-order valence-corrected chi connectivity index (χ0v) is 12.4. The number of rotatable bonds is 7. The van der Waals surface area contributed by atoms with Crippen LogP contribution in [0.5, 0.6) is 5.75 Å². The third-order valence-corrected chi connectivity index (χ3v) is 3.02. The fraction of sp³-hybridized carbons (Fsp3) is 0.235. The van der Waals surface area contributed by atoms with E-state index in [1.54, 1.807) is 30.3 Å². The maximum absolute atomic E-state index is 13.4. The molecule has 0 aliphatic heterocycles. The molecule has 116 valence electrons. The minimum absolute atomic E-state index is 0.0921. The van der Waals surface area contributed by atoms with Gasteiger partial charge in [-0.3, -0.25) is 4.79 Å². The summed E-state index contributed by atoms with van der Waals surface area (Å²) in [7, 11) is 0. The molecule has 2 aromatic rings. The van der Waals surface area contributed by atoms with Crippen LogP contribution in [0.3, 0.4) is 0 Å². The summed E-state index contributed by atoms with van der Waals surface area (Å²) in [5.41, 5.74) is 1.16. The molecule has 0 aromatic heterocycles. The van der Waals surface area contributed by atoms with E-state index in [1.165, 1.54) is 6.07 Å². The van der Waals surface area contributed by atoms with Crippen molar-refractivity contribution in [2.24, 2.45) is 0 Å². The maximum atomic E-state index is 13.4. The zero-order valence-electron chi connectivity index (χ0n) is 12.4. The highest BCUT2D eigenvalue weighted by atomic mass is 19.1. The van der Waals surface area contributed by atoms with Gasteiger partial charge in [-0.1, -0.05) is 30.3 Å². The largest absolute Gasteiger partial charge is 0.492 e. The molecule has 0 aliphatic carbocycles. The second-order valence-electron chi connectivity index (χ2n) is 4.67. The molecule has 0 radical (unpaired) electrons. The molecule has 2 aromatic carbocycles. The van der Waals surface area contributed by atoms with Gasteiger partial charge < -0.3 is 15.4 Å². The summed E-state index contributed by atoms with van der Waals surface area (Å²) in [6.07, 6.45) is 0. The summed E-state index contributed by atoms with van der Waals surface area (Å²) in [6.45, 7) is 2.80. The lowest BCUT2D eigenvalue weighted by atomic mass is 10.2. The first kappa shape index (κ1) is 16.0. The van der Waals surface area contributed by atoms with Crippen molar-refractivity contribution in [1.29, 1.82) is 0 Å². The van der Waals surface area contributed by atoms with Crippen LogP contribution in [0.4, 0.5) is 10.1 Å². The van der Waals surface area contributed by atoms with Crippen molar-refractivity contribution in [1.82, 2.24) is 5.32 Å². The Kier molecular flexibility index (Phi) is 5.91. The van der Waals surface area contributed by atoms with Gasteiger partial charge in [0.2, 0.25) is 5.91 Å². The molecule has 0 aliphatic rings. The Morgan fingerprint density at radius 3 is 2.64 bits per heavy atom. The number of benzene rings is 2. The zero-order chi connectivity index (χ0) is 15.8. The van der Waals surface area contributed by atoms with Gasteiger partial charge in [-0.25, -0.2) is 4.39 Å². The second-order valence-corrected chi connectivity index (χ2v) is 4.67. The first-order chi connectivity index (χ1) is 10.7. The highest BCUT2D eigenvalue weighted by Gasteiger charge is 2.07. The normalized spacial score (nSPS) is 10.3. The van der Waals surface area contributed by atoms with Crippen molar-refractivity contribution in [3.8, 4) is 5.75 Å². The van der Waals surface area contributed by atoms with Crippen LogP contribution < -0.4 is 15.4 Å². The quantitative estimate of drug-likeness (QED) is 0.827. The molecule has 4 nitrogen and oxygen atoms in total. The van der Waals surface area contributed by atoms with Gasteiger partial charge in [0.25, 0.3) is 0 Å². The molecule has 2 N–H and O–H groups in total. The monoisotopic (exact) mass is 302 g/mol. The third kappa shape index (κ3) is 4.56. The number of halogens is 1. The molecule has 2 rings (SSSR count). The average molecular weight is 302 g/mol.